The van der Waals surface area contributed by atoms with E-state index < -0.39 is 0 Å². The largest absolute Gasteiger partial charge is 0.398 e. The fraction of sp³-hybridized carbons (Fsp3) is 0.0714. The summed E-state index contributed by atoms with van der Waals surface area (Å²) >= 11 is 1.50. The van der Waals surface area contributed by atoms with Gasteiger partial charge in [0.2, 0.25) is 0 Å². The number of para-hydroxylation sites is 1. The number of nitrogens with zero attached hydrogens (tertiary/aromatic N) is 1. The molecule has 0 saturated carbocycles. The Bertz CT molecular complexity index is 605. The van der Waals surface area contributed by atoms with Crippen molar-refractivity contribution in [3.63, 3.8) is 0 Å². The molecule has 0 unspecified atom stereocenters. The van der Waals surface area contributed by atoms with Crippen molar-refractivity contribution in [1.29, 1.82) is 5.26 Å². The van der Waals surface area contributed by atoms with Gasteiger partial charge in [-0.05, 0) is 35.9 Å². The maximum absolute atomic E-state index is 13.1. The minimum absolute atomic E-state index is 0.328. The van der Waals surface area contributed by atoms with Gasteiger partial charge in [-0.3, -0.25) is 0 Å². The Labute approximate surface area is 109 Å². The third-order valence-corrected chi connectivity index (χ3v) is 3.63. The molecule has 0 radical (unpaired) electrons. The van der Waals surface area contributed by atoms with Gasteiger partial charge in [0.05, 0.1) is 11.6 Å². The Kier molecular flexibility index (Phi) is 3.85. The fourth-order valence-electron chi connectivity index (χ4n) is 1.56. The Morgan fingerprint density at radius 2 is 2.00 bits per heavy atom. The van der Waals surface area contributed by atoms with Crippen molar-refractivity contribution in [3.8, 4) is 6.07 Å². The van der Waals surface area contributed by atoms with Gasteiger partial charge in [-0.15, -0.1) is 11.8 Å². The van der Waals surface area contributed by atoms with Crippen LogP contribution < -0.4 is 5.73 Å². The van der Waals surface area contributed by atoms with Crippen LogP contribution in [0.3, 0.4) is 0 Å². The molecule has 0 amide bonds. The predicted molar refractivity (Wildman–Crippen MR) is 71.5 cm³/mol. The highest BCUT2D eigenvalue weighted by Gasteiger charge is 2.06. The molecule has 0 aliphatic rings. The van der Waals surface area contributed by atoms with Crippen LogP contribution in [0.2, 0.25) is 0 Å². The van der Waals surface area contributed by atoms with E-state index in [1.807, 2.05) is 24.3 Å². The molecule has 0 aromatic heterocycles. The van der Waals surface area contributed by atoms with Gasteiger partial charge in [0.25, 0.3) is 0 Å². The van der Waals surface area contributed by atoms with E-state index in [2.05, 4.69) is 6.07 Å². The third-order valence-electron chi connectivity index (χ3n) is 2.49. The van der Waals surface area contributed by atoms with E-state index in [9.17, 15) is 4.39 Å². The standard InChI is InChI=1S/C14H11FN2S/c15-12-6-5-10(8-16)11(7-12)9-18-14-4-2-1-3-13(14)17/h1-7H,9,17H2. The van der Waals surface area contributed by atoms with Crippen LogP contribution in [-0.2, 0) is 5.75 Å². The average Bonchev–Trinajstić information content (AvgIpc) is 2.38. The topological polar surface area (TPSA) is 49.8 Å². The number of hydrogen-bond acceptors (Lipinski definition) is 3. The monoisotopic (exact) mass is 258 g/mol. The number of benzene rings is 2. The number of halogens is 1. The third kappa shape index (κ3) is 2.82. The molecule has 0 bridgehead atoms. The average molecular weight is 258 g/mol. The van der Waals surface area contributed by atoms with Crippen molar-refractivity contribution < 1.29 is 4.39 Å². The number of thioether (sulfide) groups is 1. The second kappa shape index (κ2) is 5.56. The fourth-order valence-corrected chi connectivity index (χ4v) is 2.52. The number of nitrogens with two attached hydrogens (primary N) is 1. The first-order chi connectivity index (χ1) is 8.70. The zero-order chi connectivity index (χ0) is 13.0. The summed E-state index contributed by atoms with van der Waals surface area (Å²) in [5.74, 6) is 0.195. The highest BCUT2D eigenvalue weighted by atomic mass is 32.2. The second-order valence-corrected chi connectivity index (χ2v) is 4.76. The van der Waals surface area contributed by atoms with E-state index in [1.165, 1.54) is 30.0 Å². The molecule has 0 aliphatic heterocycles. The first-order valence-corrected chi connectivity index (χ1v) is 6.35. The Hall–Kier alpha value is -1.99. The van der Waals surface area contributed by atoms with Crippen LogP contribution >= 0.6 is 11.8 Å². The molecule has 2 aromatic rings. The zero-order valence-electron chi connectivity index (χ0n) is 9.56. The molecule has 18 heavy (non-hydrogen) atoms. The molecule has 90 valence electrons. The summed E-state index contributed by atoms with van der Waals surface area (Å²) in [6.45, 7) is 0. The van der Waals surface area contributed by atoms with Crippen molar-refractivity contribution in [2.75, 3.05) is 5.73 Å². The van der Waals surface area contributed by atoms with Gasteiger partial charge in [-0.2, -0.15) is 5.26 Å². The lowest BCUT2D eigenvalue weighted by molar-refractivity contribution is 0.626. The summed E-state index contributed by atoms with van der Waals surface area (Å²) in [7, 11) is 0. The molecule has 0 saturated heterocycles. The summed E-state index contributed by atoms with van der Waals surface area (Å²) in [5, 5.41) is 8.95. The molecule has 0 aliphatic carbocycles. The molecule has 2 nitrogen and oxygen atoms in total. The maximum Gasteiger partial charge on any atom is 0.123 e. The van der Waals surface area contributed by atoms with Crippen LogP contribution in [0.25, 0.3) is 0 Å². The van der Waals surface area contributed by atoms with Crippen LogP contribution in [0.5, 0.6) is 0 Å². The number of rotatable bonds is 3. The van der Waals surface area contributed by atoms with Gasteiger partial charge in [-0.25, -0.2) is 4.39 Å². The van der Waals surface area contributed by atoms with E-state index in [0.717, 1.165) is 4.90 Å². The quantitative estimate of drug-likeness (QED) is 0.676. The van der Waals surface area contributed by atoms with Gasteiger partial charge in [0, 0.05) is 16.3 Å². The molecule has 4 heteroatoms. The zero-order valence-corrected chi connectivity index (χ0v) is 10.4. The smallest absolute Gasteiger partial charge is 0.123 e. The minimum Gasteiger partial charge on any atom is -0.398 e. The van der Waals surface area contributed by atoms with Gasteiger partial charge >= 0.3 is 0 Å². The summed E-state index contributed by atoms with van der Waals surface area (Å²) in [6.07, 6.45) is 0. The predicted octanol–water partition coefficient (Wildman–Crippen LogP) is 3.57. The van der Waals surface area contributed by atoms with Gasteiger partial charge in [0.15, 0.2) is 0 Å². The maximum atomic E-state index is 13.1. The number of nitriles is 1. The van der Waals surface area contributed by atoms with Crippen molar-refractivity contribution in [2.24, 2.45) is 0 Å². The van der Waals surface area contributed by atoms with Crippen molar-refractivity contribution >= 4 is 17.4 Å². The van der Waals surface area contributed by atoms with Gasteiger partial charge in [0.1, 0.15) is 5.82 Å². The van der Waals surface area contributed by atoms with Crippen molar-refractivity contribution in [3.05, 3.63) is 59.4 Å². The first kappa shape index (κ1) is 12.5. The molecule has 0 atom stereocenters. The van der Waals surface area contributed by atoms with E-state index in [-0.39, 0.29) is 5.82 Å². The normalized spacial score (nSPS) is 10.0. The molecular formula is C14H11FN2S. The number of anilines is 1. The highest BCUT2D eigenvalue weighted by molar-refractivity contribution is 7.98. The Balaban J connectivity index is 2.18. The van der Waals surface area contributed by atoms with Crippen LogP contribution in [0.1, 0.15) is 11.1 Å². The van der Waals surface area contributed by atoms with E-state index in [4.69, 9.17) is 11.0 Å². The number of hydrogen-bond donors (Lipinski definition) is 1. The summed E-state index contributed by atoms with van der Waals surface area (Å²) in [5.41, 5.74) is 7.70. The van der Waals surface area contributed by atoms with Gasteiger partial charge in [-0.1, -0.05) is 12.1 Å². The van der Waals surface area contributed by atoms with E-state index in [0.29, 0.717) is 22.6 Å². The molecule has 2 N–H and O–H groups in total. The lowest BCUT2D eigenvalue weighted by Gasteiger charge is -2.06. The molecule has 0 heterocycles. The number of nitrogen functional groups attached to an aromatic ring is 1. The molecular weight excluding hydrogens is 247 g/mol. The Morgan fingerprint density at radius 3 is 2.72 bits per heavy atom. The summed E-state index contributed by atoms with van der Waals surface area (Å²) < 4.78 is 13.1. The SMILES string of the molecule is N#Cc1ccc(F)cc1CSc1ccccc1N. The van der Waals surface area contributed by atoms with E-state index in [1.54, 1.807) is 0 Å². The van der Waals surface area contributed by atoms with Crippen LogP contribution in [-0.4, -0.2) is 0 Å². The minimum atomic E-state index is -0.328. The molecule has 0 fully saturated rings. The van der Waals surface area contributed by atoms with Crippen LogP contribution in [0.4, 0.5) is 10.1 Å². The Morgan fingerprint density at radius 1 is 1.22 bits per heavy atom. The summed E-state index contributed by atoms with van der Waals surface area (Å²) in [6, 6.07) is 13.7. The van der Waals surface area contributed by atoms with Gasteiger partial charge < -0.3 is 5.73 Å². The molecule has 0 spiro atoms. The van der Waals surface area contributed by atoms with E-state index >= 15 is 0 Å². The second-order valence-electron chi connectivity index (χ2n) is 3.74. The summed E-state index contributed by atoms with van der Waals surface area (Å²) in [4.78, 5) is 0.936. The lowest BCUT2D eigenvalue weighted by atomic mass is 10.1. The highest BCUT2D eigenvalue weighted by Crippen LogP contribution is 2.28. The van der Waals surface area contributed by atoms with Crippen molar-refractivity contribution in [2.45, 2.75) is 10.6 Å². The lowest BCUT2D eigenvalue weighted by Crippen LogP contribution is -1.91. The van der Waals surface area contributed by atoms with Crippen LogP contribution in [0, 0.1) is 17.1 Å². The molecule has 2 rings (SSSR count). The van der Waals surface area contributed by atoms with Crippen LogP contribution in [0.15, 0.2) is 47.4 Å². The molecule has 2 aromatic carbocycles. The van der Waals surface area contributed by atoms with Crippen molar-refractivity contribution in [1.82, 2.24) is 0 Å². The first-order valence-electron chi connectivity index (χ1n) is 5.36.